The van der Waals surface area contributed by atoms with E-state index in [0.29, 0.717) is 0 Å². The van der Waals surface area contributed by atoms with Crippen molar-refractivity contribution in [3.63, 3.8) is 0 Å². The zero-order chi connectivity index (χ0) is 9.10. The fraction of sp³-hybridized carbons (Fsp3) is 0. The van der Waals surface area contributed by atoms with Gasteiger partial charge in [0.2, 0.25) is 0 Å². The van der Waals surface area contributed by atoms with Gasteiger partial charge in [0.15, 0.2) is 0 Å². The number of hydrogen-bond donors (Lipinski definition) is 0. The number of nitriles is 1. The van der Waals surface area contributed by atoms with E-state index in [4.69, 9.17) is 5.26 Å². The van der Waals surface area contributed by atoms with Crippen molar-refractivity contribution in [1.82, 2.24) is 4.98 Å². The highest BCUT2D eigenvalue weighted by molar-refractivity contribution is 7.08. The Morgan fingerprint density at radius 2 is 2.00 bits per heavy atom. The van der Waals surface area contributed by atoms with Crippen LogP contribution < -0.4 is 0 Å². The molecule has 0 aliphatic rings. The maximum atomic E-state index is 8.81. The summed E-state index contributed by atoms with van der Waals surface area (Å²) in [6.07, 6.45) is 3.46. The van der Waals surface area contributed by atoms with Crippen molar-refractivity contribution in [3.8, 4) is 17.2 Å². The molecule has 0 saturated heterocycles. The number of pyridine rings is 1. The summed E-state index contributed by atoms with van der Waals surface area (Å²) in [6, 6.07) is 5.98. The van der Waals surface area contributed by atoms with E-state index in [1.165, 1.54) is 0 Å². The van der Waals surface area contributed by atoms with Crippen LogP contribution in [0.25, 0.3) is 11.1 Å². The van der Waals surface area contributed by atoms with Crippen molar-refractivity contribution >= 4 is 11.3 Å². The van der Waals surface area contributed by atoms with Gasteiger partial charge in [0, 0.05) is 23.3 Å². The van der Waals surface area contributed by atoms with Gasteiger partial charge in [-0.3, -0.25) is 4.98 Å². The van der Waals surface area contributed by atoms with Gasteiger partial charge in [-0.25, -0.2) is 0 Å². The van der Waals surface area contributed by atoms with Crippen molar-refractivity contribution in [2.45, 2.75) is 0 Å². The van der Waals surface area contributed by atoms with Gasteiger partial charge < -0.3 is 0 Å². The van der Waals surface area contributed by atoms with Crippen LogP contribution in [0.15, 0.2) is 35.3 Å². The minimum atomic E-state index is 0.733. The average Bonchev–Trinajstić information content (AvgIpc) is 2.67. The zero-order valence-electron chi connectivity index (χ0n) is 6.77. The molecule has 0 unspecified atom stereocenters. The summed E-state index contributed by atoms with van der Waals surface area (Å²) in [6.45, 7) is 0. The predicted molar refractivity (Wildman–Crippen MR) is 52.3 cm³/mol. The SMILES string of the molecule is N#Cc1cscc1-c1ccncc1. The molecular weight excluding hydrogens is 180 g/mol. The standard InChI is InChI=1S/C10H6N2S/c11-5-9-6-13-7-10(9)8-1-3-12-4-2-8/h1-4,6-7H. The topological polar surface area (TPSA) is 36.7 Å². The molecule has 62 valence electrons. The van der Waals surface area contributed by atoms with E-state index >= 15 is 0 Å². The Morgan fingerprint density at radius 1 is 1.23 bits per heavy atom. The van der Waals surface area contributed by atoms with E-state index in [1.54, 1.807) is 23.7 Å². The minimum absolute atomic E-state index is 0.733. The largest absolute Gasteiger partial charge is 0.265 e. The van der Waals surface area contributed by atoms with Crippen molar-refractivity contribution in [3.05, 3.63) is 40.8 Å². The van der Waals surface area contributed by atoms with Gasteiger partial charge in [-0.2, -0.15) is 16.6 Å². The Kier molecular flexibility index (Phi) is 2.07. The third-order valence-electron chi connectivity index (χ3n) is 1.77. The number of aromatic nitrogens is 1. The van der Waals surface area contributed by atoms with Gasteiger partial charge >= 0.3 is 0 Å². The molecule has 0 aliphatic heterocycles. The van der Waals surface area contributed by atoms with Crippen molar-refractivity contribution < 1.29 is 0 Å². The fourth-order valence-corrected chi connectivity index (χ4v) is 1.92. The minimum Gasteiger partial charge on any atom is -0.265 e. The molecule has 0 saturated carbocycles. The average molecular weight is 186 g/mol. The lowest BCUT2D eigenvalue weighted by Gasteiger charge is -1.95. The molecule has 13 heavy (non-hydrogen) atoms. The number of nitrogens with zero attached hydrogens (tertiary/aromatic N) is 2. The third-order valence-corrected chi connectivity index (χ3v) is 2.52. The highest BCUT2D eigenvalue weighted by Crippen LogP contribution is 2.25. The molecule has 2 nitrogen and oxygen atoms in total. The Labute approximate surface area is 80.1 Å². The molecule has 0 radical (unpaired) electrons. The molecule has 2 heterocycles. The molecule has 2 aromatic rings. The lowest BCUT2D eigenvalue weighted by atomic mass is 10.1. The van der Waals surface area contributed by atoms with Crippen LogP contribution in [0, 0.1) is 11.3 Å². The first kappa shape index (κ1) is 7.96. The zero-order valence-corrected chi connectivity index (χ0v) is 7.58. The molecule has 0 aliphatic carbocycles. The van der Waals surface area contributed by atoms with E-state index < -0.39 is 0 Å². The first-order chi connectivity index (χ1) is 6.42. The Bertz CT molecular complexity index is 439. The summed E-state index contributed by atoms with van der Waals surface area (Å²) in [7, 11) is 0. The summed E-state index contributed by atoms with van der Waals surface area (Å²) in [5.74, 6) is 0. The summed E-state index contributed by atoms with van der Waals surface area (Å²) >= 11 is 1.54. The number of hydrogen-bond acceptors (Lipinski definition) is 3. The van der Waals surface area contributed by atoms with E-state index in [2.05, 4.69) is 11.1 Å². The van der Waals surface area contributed by atoms with E-state index in [9.17, 15) is 0 Å². The van der Waals surface area contributed by atoms with Gasteiger partial charge in [0.25, 0.3) is 0 Å². The second-order valence-corrected chi connectivity index (χ2v) is 3.29. The van der Waals surface area contributed by atoms with Gasteiger partial charge in [-0.05, 0) is 23.1 Å². The van der Waals surface area contributed by atoms with Crippen LogP contribution in [0.2, 0.25) is 0 Å². The predicted octanol–water partition coefficient (Wildman–Crippen LogP) is 2.68. The van der Waals surface area contributed by atoms with Crippen LogP contribution in [0.1, 0.15) is 5.56 Å². The number of thiophene rings is 1. The Hall–Kier alpha value is -1.66. The molecule has 2 aromatic heterocycles. The van der Waals surface area contributed by atoms with E-state index in [0.717, 1.165) is 16.7 Å². The highest BCUT2D eigenvalue weighted by Gasteiger charge is 2.04. The molecule has 3 heteroatoms. The van der Waals surface area contributed by atoms with Crippen LogP contribution in [-0.4, -0.2) is 4.98 Å². The van der Waals surface area contributed by atoms with Crippen LogP contribution in [-0.2, 0) is 0 Å². The smallest absolute Gasteiger partial charge is 0.101 e. The van der Waals surface area contributed by atoms with Crippen molar-refractivity contribution in [2.24, 2.45) is 0 Å². The molecule has 0 amide bonds. The van der Waals surface area contributed by atoms with Crippen molar-refractivity contribution in [1.29, 1.82) is 5.26 Å². The fourth-order valence-electron chi connectivity index (χ4n) is 1.14. The van der Waals surface area contributed by atoms with E-state index in [-0.39, 0.29) is 0 Å². The second-order valence-electron chi connectivity index (χ2n) is 2.55. The Morgan fingerprint density at radius 3 is 2.69 bits per heavy atom. The molecule has 0 bridgehead atoms. The molecule has 0 atom stereocenters. The van der Waals surface area contributed by atoms with Gasteiger partial charge in [0.05, 0.1) is 5.56 Å². The lowest BCUT2D eigenvalue weighted by Crippen LogP contribution is -1.78. The first-order valence-corrected chi connectivity index (χ1v) is 4.73. The summed E-state index contributed by atoms with van der Waals surface area (Å²) in [5, 5.41) is 12.6. The summed E-state index contributed by atoms with van der Waals surface area (Å²) < 4.78 is 0. The quantitative estimate of drug-likeness (QED) is 0.686. The molecule has 0 fully saturated rings. The molecular formula is C10H6N2S. The van der Waals surface area contributed by atoms with Gasteiger partial charge in [-0.1, -0.05) is 0 Å². The Balaban J connectivity index is 2.54. The number of rotatable bonds is 1. The molecule has 0 N–H and O–H groups in total. The lowest BCUT2D eigenvalue weighted by molar-refractivity contribution is 1.33. The van der Waals surface area contributed by atoms with Crippen molar-refractivity contribution in [2.75, 3.05) is 0 Å². The maximum Gasteiger partial charge on any atom is 0.101 e. The van der Waals surface area contributed by atoms with Crippen LogP contribution >= 0.6 is 11.3 Å². The normalized spacial score (nSPS) is 9.46. The monoisotopic (exact) mass is 186 g/mol. The molecule has 2 rings (SSSR count). The third kappa shape index (κ3) is 1.44. The molecule has 0 aromatic carbocycles. The summed E-state index contributed by atoms with van der Waals surface area (Å²) in [4.78, 5) is 3.93. The van der Waals surface area contributed by atoms with Crippen LogP contribution in [0.4, 0.5) is 0 Å². The summed E-state index contributed by atoms with van der Waals surface area (Å²) in [5.41, 5.74) is 2.78. The maximum absolute atomic E-state index is 8.81. The van der Waals surface area contributed by atoms with Gasteiger partial charge in [0.1, 0.15) is 6.07 Å². The van der Waals surface area contributed by atoms with Crippen LogP contribution in [0.3, 0.4) is 0 Å². The van der Waals surface area contributed by atoms with E-state index in [1.807, 2.05) is 22.9 Å². The second kappa shape index (κ2) is 3.38. The first-order valence-electron chi connectivity index (χ1n) is 3.78. The highest BCUT2D eigenvalue weighted by atomic mass is 32.1. The molecule has 0 spiro atoms. The van der Waals surface area contributed by atoms with Crippen LogP contribution in [0.5, 0.6) is 0 Å². The van der Waals surface area contributed by atoms with Gasteiger partial charge in [-0.15, -0.1) is 0 Å².